The molecule has 0 fully saturated rings. The van der Waals surface area contributed by atoms with Crippen molar-refractivity contribution in [3.05, 3.63) is 118 Å². The summed E-state index contributed by atoms with van der Waals surface area (Å²) in [4.78, 5) is 4.50. The summed E-state index contributed by atoms with van der Waals surface area (Å²) in [6.07, 6.45) is 4.26. The summed E-state index contributed by atoms with van der Waals surface area (Å²) >= 11 is 6.16. The van der Waals surface area contributed by atoms with Crippen LogP contribution < -0.4 is 0 Å². The van der Waals surface area contributed by atoms with Gasteiger partial charge in [0.1, 0.15) is 0 Å². The van der Waals surface area contributed by atoms with E-state index in [9.17, 15) is 0 Å². The Morgan fingerprint density at radius 2 is 1.58 bits per heavy atom. The minimum atomic E-state index is 0.216. The van der Waals surface area contributed by atoms with E-state index in [4.69, 9.17) is 11.6 Å². The van der Waals surface area contributed by atoms with Crippen LogP contribution in [0, 0.1) is 0 Å². The smallest absolute Gasteiger partial charge is 0.0719 e. The summed E-state index contributed by atoms with van der Waals surface area (Å²) < 4.78 is 0. The molecular weight excluding hydrogens is 338 g/mol. The molecule has 0 saturated heterocycles. The molecule has 0 spiro atoms. The number of pyridine rings is 1. The summed E-state index contributed by atoms with van der Waals surface area (Å²) in [5, 5.41) is 1.87. The lowest BCUT2D eigenvalue weighted by molar-refractivity contribution is 1.06. The molecule has 1 aromatic heterocycles. The third-order valence-electron chi connectivity index (χ3n) is 5.08. The molecule has 0 saturated carbocycles. The second-order valence-corrected chi connectivity index (χ2v) is 7.01. The minimum absolute atomic E-state index is 0.216. The highest BCUT2D eigenvalue weighted by atomic mass is 35.5. The lowest BCUT2D eigenvalue weighted by Gasteiger charge is -2.14. The first kappa shape index (κ1) is 15.4. The predicted octanol–water partition coefficient (Wildman–Crippen LogP) is 6.47. The van der Waals surface area contributed by atoms with Crippen molar-refractivity contribution in [1.29, 1.82) is 0 Å². The zero-order valence-electron chi connectivity index (χ0n) is 14.1. The highest BCUT2D eigenvalue weighted by molar-refractivity contribution is 6.31. The van der Waals surface area contributed by atoms with Gasteiger partial charge in [0.2, 0.25) is 0 Å². The Morgan fingerprint density at radius 3 is 2.46 bits per heavy atom. The van der Waals surface area contributed by atoms with Crippen LogP contribution in [0.1, 0.15) is 28.2 Å². The highest BCUT2D eigenvalue weighted by Crippen LogP contribution is 2.44. The normalized spacial score (nSPS) is 15.7. The number of nitrogens with zero attached hydrogens (tertiary/aromatic N) is 1. The summed E-state index contributed by atoms with van der Waals surface area (Å²) in [6.45, 7) is 0. The molecule has 1 heterocycles. The maximum atomic E-state index is 6.16. The molecule has 0 radical (unpaired) electrons. The fourth-order valence-corrected chi connectivity index (χ4v) is 4.07. The first-order valence-electron chi connectivity index (χ1n) is 8.72. The van der Waals surface area contributed by atoms with E-state index in [1.54, 1.807) is 0 Å². The number of allylic oxidation sites excluding steroid dienone is 1. The van der Waals surface area contributed by atoms with Crippen LogP contribution in [0.4, 0.5) is 0 Å². The topological polar surface area (TPSA) is 12.9 Å². The predicted molar refractivity (Wildman–Crippen MR) is 109 cm³/mol. The van der Waals surface area contributed by atoms with Gasteiger partial charge in [-0.25, -0.2) is 0 Å². The van der Waals surface area contributed by atoms with Crippen LogP contribution in [-0.2, 0) is 0 Å². The summed E-state index contributed by atoms with van der Waals surface area (Å²) in [7, 11) is 0. The van der Waals surface area contributed by atoms with Gasteiger partial charge in [0, 0.05) is 22.5 Å². The van der Waals surface area contributed by atoms with Gasteiger partial charge in [-0.15, -0.1) is 0 Å². The minimum Gasteiger partial charge on any atom is -0.256 e. The summed E-state index contributed by atoms with van der Waals surface area (Å²) in [5.74, 6) is 0.216. The van der Waals surface area contributed by atoms with Crippen molar-refractivity contribution in [2.75, 3.05) is 0 Å². The zero-order valence-corrected chi connectivity index (χ0v) is 14.8. The van der Waals surface area contributed by atoms with E-state index in [1.807, 2.05) is 18.3 Å². The molecule has 124 valence electrons. The van der Waals surface area contributed by atoms with Crippen LogP contribution >= 0.6 is 11.6 Å². The second kappa shape index (κ2) is 6.12. The molecule has 5 rings (SSSR count). The Kier molecular flexibility index (Phi) is 3.62. The molecule has 1 aliphatic carbocycles. The van der Waals surface area contributed by atoms with Gasteiger partial charge in [-0.2, -0.15) is 0 Å². The molecule has 1 unspecified atom stereocenters. The van der Waals surface area contributed by atoms with Gasteiger partial charge in [-0.1, -0.05) is 78.3 Å². The third kappa shape index (κ3) is 2.44. The average molecular weight is 354 g/mol. The van der Waals surface area contributed by atoms with Gasteiger partial charge in [-0.05, 0) is 46.0 Å². The number of rotatable bonds is 2. The van der Waals surface area contributed by atoms with E-state index >= 15 is 0 Å². The molecule has 0 N–H and O–H groups in total. The quantitative estimate of drug-likeness (QED) is 0.402. The van der Waals surface area contributed by atoms with Crippen molar-refractivity contribution in [2.24, 2.45) is 0 Å². The highest BCUT2D eigenvalue weighted by Gasteiger charge is 2.26. The molecule has 0 aliphatic heterocycles. The van der Waals surface area contributed by atoms with Crippen LogP contribution in [0.3, 0.4) is 0 Å². The molecule has 0 amide bonds. The van der Waals surface area contributed by atoms with Crippen molar-refractivity contribution < 1.29 is 0 Å². The van der Waals surface area contributed by atoms with Gasteiger partial charge >= 0.3 is 0 Å². The molecule has 26 heavy (non-hydrogen) atoms. The van der Waals surface area contributed by atoms with Gasteiger partial charge in [-0.3, -0.25) is 4.98 Å². The molecule has 2 heteroatoms. The van der Waals surface area contributed by atoms with Crippen molar-refractivity contribution in [3.8, 4) is 0 Å². The number of hydrogen-bond acceptors (Lipinski definition) is 1. The largest absolute Gasteiger partial charge is 0.256 e. The second-order valence-electron chi connectivity index (χ2n) is 6.57. The molecule has 1 nitrogen and oxygen atoms in total. The van der Waals surface area contributed by atoms with E-state index in [-0.39, 0.29) is 5.92 Å². The van der Waals surface area contributed by atoms with Crippen LogP contribution in [0.2, 0.25) is 5.02 Å². The Bertz CT molecular complexity index is 1150. The fraction of sp³-hybridized carbons (Fsp3) is 0.0417. The molecular formula is C24H16ClN. The third-order valence-corrected chi connectivity index (χ3v) is 5.31. The van der Waals surface area contributed by atoms with E-state index in [1.165, 1.54) is 27.8 Å². The lowest BCUT2D eigenvalue weighted by atomic mass is 9.91. The Hall–Kier alpha value is -2.90. The van der Waals surface area contributed by atoms with Gasteiger partial charge in [0.05, 0.1) is 5.52 Å². The van der Waals surface area contributed by atoms with Gasteiger partial charge in [0.25, 0.3) is 0 Å². The molecule has 0 bridgehead atoms. The van der Waals surface area contributed by atoms with Gasteiger partial charge < -0.3 is 0 Å². The standard InChI is InChI=1S/C24H16ClN/c25-17-10-11-21-20(12-13-26-24(21)14-17)23-15-22(16-6-2-1-3-7-16)18-8-4-5-9-19(18)23/h1-15,23H. The molecule has 1 atom stereocenters. The SMILES string of the molecule is Clc1ccc2c(C3C=C(c4ccccc4)c4ccccc43)ccnc2c1. The first-order chi connectivity index (χ1) is 12.8. The first-order valence-corrected chi connectivity index (χ1v) is 9.10. The van der Waals surface area contributed by atoms with Crippen molar-refractivity contribution in [1.82, 2.24) is 4.98 Å². The van der Waals surface area contributed by atoms with E-state index in [0.717, 1.165) is 15.9 Å². The lowest BCUT2D eigenvalue weighted by Crippen LogP contribution is -1.97. The van der Waals surface area contributed by atoms with Gasteiger partial charge in [0.15, 0.2) is 0 Å². The van der Waals surface area contributed by atoms with Crippen molar-refractivity contribution in [2.45, 2.75) is 5.92 Å². The van der Waals surface area contributed by atoms with E-state index in [0.29, 0.717) is 0 Å². The summed E-state index contributed by atoms with van der Waals surface area (Å²) in [5.41, 5.74) is 7.41. The van der Waals surface area contributed by atoms with Crippen molar-refractivity contribution >= 4 is 28.1 Å². The van der Waals surface area contributed by atoms with Crippen LogP contribution in [0.5, 0.6) is 0 Å². The summed E-state index contributed by atoms with van der Waals surface area (Å²) in [6, 6.07) is 27.4. The van der Waals surface area contributed by atoms with E-state index < -0.39 is 0 Å². The maximum Gasteiger partial charge on any atom is 0.0719 e. The number of halogens is 1. The van der Waals surface area contributed by atoms with Crippen molar-refractivity contribution in [3.63, 3.8) is 0 Å². The monoisotopic (exact) mass is 353 g/mol. The Morgan fingerprint density at radius 1 is 0.769 bits per heavy atom. The Labute approximate surface area is 157 Å². The fourth-order valence-electron chi connectivity index (χ4n) is 3.90. The van der Waals surface area contributed by atoms with Crippen LogP contribution in [0.15, 0.2) is 91.1 Å². The number of hydrogen-bond donors (Lipinski definition) is 0. The zero-order chi connectivity index (χ0) is 17.5. The molecule has 3 aromatic carbocycles. The Balaban J connectivity index is 1.74. The number of aromatic nitrogens is 1. The number of benzene rings is 3. The molecule has 1 aliphatic rings. The molecule has 4 aromatic rings. The van der Waals surface area contributed by atoms with Crippen LogP contribution in [0.25, 0.3) is 16.5 Å². The van der Waals surface area contributed by atoms with E-state index in [2.05, 4.69) is 77.8 Å². The average Bonchev–Trinajstić information content (AvgIpc) is 3.07. The number of fused-ring (bicyclic) bond motifs is 2. The maximum absolute atomic E-state index is 6.16. The van der Waals surface area contributed by atoms with Crippen LogP contribution in [-0.4, -0.2) is 4.98 Å².